The van der Waals surface area contributed by atoms with Crippen LogP contribution in [0.5, 0.6) is 0 Å². The molecule has 21 heavy (non-hydrogen) atoms. The van der Waals surface area contributed by atoms with Gasteiger partial charge in [0.2, 0.25) is 0 Å². The molecule has 112 valence electrons. The molecular weight excluding hydrogens is 281 g/mol. The van der Waals surface area contributed by atoms with Gasteiger partial charge in [-0.3, -0.25) is 0 Å². The fourth-order valence-corrected chi connectivity index (χ4v) is 1.71. The number of aromatic nitrogens is 2. The van der Waals surface area contributed by atoms with Gasteiger partial charge >= 0.3 is 6.18 Å². The summed E-state index contributed by atoms with van der Waals surface area (Å²) in [5.74, 6) is 0.382. The fraction of sp³-hybridized carbons (Fsp3) is 0.286. The minimum absolute atomic E-state index is 0.382. The van der Waals surface area contributed by atoms with Crippen LogP contribution in [-0.2, 0) is 6.18 Å². The Labute approximate surface area is 120 Å². The van der Waals surface area contributed by atoms with Gasteiger partial charge in [-0.05, 0) is 25.1 Å². The summed E-state index contributed by atoms with van der Waals surface area (Å²) in [7, 11) is 0. The average Bonchev–Trinajstić information content (AvgIpc) is 2.48. The molecule has 3 N–H and O–H groups in total. The molecule has 0 atom stereocenters. The van der Waals surface area contributed by atoms with Crippen molar-refractivity contribution in [1.82, 2.24) is 9.97 Å². The molecule has 0 aliphatic rings. The molecular formula is C14H15F3N4. The van der Waals surface area contributed by atoms with Crippen LogP contribution in [-0.4, -0.2) is 23.1 Å². The fourth-order valence-electron chi connectivity index (χ4n) is 1.71. The molecule has 2 rings (SSSR count). The predicted molar refractivity (Wildman–Crippen MR) is 74.6 cm³/mol. The maximum atomic E-state index is 12.5. The molecule has 4 nitrogen and oxygen atoms in total. The van der Waals surface area contributed by atoms with Crippen LogP contribution in [0.1, 0.15) is 12.0 Å². The molecule has 0 unspecified atom stereocenters. The Bertz CT molecular complexity index is 564. The number of benzene rings is 1. The summed E-state index contributed by atoms with van der Waals surface area (Å²) in [5.41, 5.74) is 5.98. The molecule has 0 saturated carbocycles. The van der Waals surface area contributed by atoms with Gasteiger partial charge in [0.15, 0.2) is 5.82 Å². The van der Waals surface area contributed by atoms with Gasteiger partial charge in [0.1, 0.15) is 0 Å². The van der Waals surface area contributed by atoms with E-state index in [0.29, 0.717) is 17.9 Å². The summed E-state index contributed by atoms with van der Waals surface area (Å²) in [5, 5.41) is 3.10. The molecule has 0 spiro atoms. The first-order chi connectivity index (χ1) is 10.0. The number of nitrogens with zero attached hydrogens (tertiary/aromatic N) is 2. The molecule has 1 aromatic carbocycles. The molecule has 0 amide bonds. The molecule has 0 bridgehead atoms. The minimum Gasteiger partial charge on any atom is -0.383 e. The van der Waals surface area contributed by atoms with Crippen LogP contribution >= 0.6 is 0 Å². The molecule has 0 aliphatic heterocycles. The van der Waals surface area contributed by atoms with Crippen molar-refractivity contribution in [3.8, 4) is 11.4 Å². The van der Waals surface area contributed by atoms with Crippen LogP contribution in [0.3, 0.4) is 0 Å². The summed E-state index contributed by atoms with van der Waals surface area (Å²) in [6.45, 7) is 1.32. The number of rotatable bonds is 5. The molecule has 1 aromatic heterocycles. The topological polar surface area (TPSA) is 63.8 Å². The maximum Gasteiger partial charge on any atom is 0.416 e. The maximum absolute atomic E-state index is 12.5. The highest BCUT2D eigenvalue weighted by atomic mass is 19.4. The third-order valence-corrected chi connectivity index (χ3v) is 2.83. The van der Waals surface area contributed by atoms with E-state index in [4.69, 9.17) is 5.73 Å². The SMILES string of the molecule is NCCCNc1cnc(-c2ccc(C(F)(F)F)cc2)nc1. The number of anilines is 1. The number of nitrogens with two attached hydrogens (primary N) is 1. The smallest absolute Gasteiger partial charge is 0.383 e. The predicted octanol–water partition coefficient (Wildman–Crippen LogP) is 2.92. The van der Waals surface area contributed by atoms with E-state index in [1.54, 1.807) is 12.4 Å². The first-order valence-electron chi connectivity index (χ1n) is 6.44. The van der Waals surface area contributed by atoms with Crippen molar-refractivity contribution < 1.29 is 13.2 Å². The standard InChI is InChI=1S/C14H15F3N4/c15-14(16,17)11-4-2-10(3-5-11)13-20-8-12(9-21-13)19-7-1-6-18/h2-5,8-9,19H,1,6-7,18H2. The van der Waals surface area contributed by atoms with E-state index >= 15 is 0 Å². The molecule has 0 fully saturated rings. The van der Waals surface area contributed by atoms with Crippen LogP contribution in [0.15, 0.2) is 36.7 Å². The molecule has 2 aromatic rings. The first kappa shape index (κ1) is 15.2. The number of hydrogen-bond acceptors (Lipinski definition) is 4. The second kappa shape index (κ2) is 6.53. The Morgan fingerprint density at radius 2 is 1.67 bits per heavy atom. The highest BCUT2D eigenvalue weighted by molar-refractivity contribution is 5.56. The largest absolute Gasteiger partial charge is 0.416 e. The quantitative estimate of drug-likeness (QED) is 0.833. The monoisotopic (exact) mass is 296 g/mol. The van der Waals surface area contributed by atoms with Gasteiger partial charge < -0.3 is 11.1 Å². The van der Waals surface area contributed by atoms with Crippen LogP contribution in [0.4, 0.5) is 18.9 Å². The summed E-state index contributed by atoms with van der Waals surface area (Å²) >= 11 is 0. The van der Waals surface area contributed by atoms with E-state index < -0.39 is 11.7 Å². The second-order valence-electron chi connectivity index (χ2n) is 4.44. The van der Waals surface area contributed by atoms with Crippen molar-refractivity contribution in [1.29, 1.82) is 0 Å². The van der Waals surface area contributed by atoms with Gasteiger partial charge in [0, 0.05) is 12.1 Å². The van der Waals surface area contributed by atoms with E-state index in [2.05, 4.69) is 15.3 Å². The normalized spacial score (nSPS) is 11.4. The van der Waals surface area contributed by atoms with E-state index in [0.717, 1.165) is 30.8 Å². The summed E-state index contributed by atoms with van der Waals surface area (Å²) in [6, 6.07) is 4.76. The third kappa shape index (κ3) is 4.16. The van der Waals surface area contributed by atoms with Crippen molar-refractivity contribution in [2.24, 2.45) is 5.73 Å². The zero-order chi connectivity index (χ0) is 15.3. The Morgan fingerprint density at radius 1 is 1.05 bits per heavy atom. The highest BCUT2D eigenvalue weighted by Gasteiger charge is 2.30. The van der Waals surface area contributed by atoms with Crippen LogP contribution in [0, 0.1) is 0 Å². The lowest BCUT2D eigenvalue weighted by molar-refractivity contribution is -0.137. The summed E-state index contributed by atoms with van der Waals surface area (Å²) in [4.78, 5) is 8.27. The van der Waals surface area contributed by atoms with E-state index in [9.17, 15) is 13.2 Å². The third-order valence-electron chi connectivity index (χ3n) is 2.83. The molecule has 0 saturated heterocycles. The van der Waals surface area contributed by atoms with Crippen LogP contribution < -0.4 is 11.1 Å². The van der Waals surface area contributed by atoms with Gasteiger partial charge in [-0.25, -0.2) is 9.97 Å². The number of hydrogen-bond donors (Lipinski definition) is 2. The van der Waals surface area contributed by atoms with E-state index in [1.165, 1.54) is 12.1 Å². The minimum atomic E-state index is -4.34. The van der Waals surface area contributed by atoms with Crippen LogP contribution in [0.25, 0.3) is 11.4 Å². The number of halogens is 3. The number of alkyl halides is 3. The van der Waals surface area contributed by atoms with Gasteiger partial charge in [0.05, 0.1) is 23.6 Å². The van der Waals surface area contributed by atoms with Crippen molar-refractivity contribution >= 4 is 5.69 Å². The zero-order valence-electron chi connectivity index (χ0n) is 11.2. The molecule has 0 aliphatic carbocycles. The second-order valence-corrected chi connectivity index (χ2v) is 4.44. The van der Waals surface area contributed by atoms with Crippen molar-refractivity contribution in [3.05, 3.63) is 42.2 Å². The highest BCUT2D eigenvalue weighted by Crippen LogP contribution is 2.30. The van der Waals surface area contributed by atoms with E-state index in [1.807, 2.05) is 0 Å². The van der Waals surface area contributed by atoms with Gasteiger partial charge in [0.25, 0.3) is 0 Å². The molecule has 1 heterocycles. The lowest BCUT2D eigenvalue weighted by Gasteiger charge is -2.08. The average molecular weight is 296 g/mol. The summed E-state index contributed by atoms with van der Waals surface area (Å²) < 4.78 is 37.4. The van der Waals surface area contributed by atoms with Crippen molar-refractivity contribution in [3.63, 3.8) is 0 Å². The van der Waals surface area contributed by atoms with Crippen molar-refractivity contribution in [2.75, 3.05) is 18.4 Å². The first-order valence-corrected chi connectivity index (χ1v) is 6.44. The Kier molecular flexibility index (Phi) is 4.74. The van der Waals surface area contributed by atoms with Gasteiger partial charge in [-0.1, -0.05) is 12.1 Å². The molecule has 0 radical (unpaired) electrons. The molecule has 7 heteroatoms. The van der Waals surface area contributed by atoms with Gasteiger partial charge in [-0.15, -0.1) is 0 Å². The van der Waals surface area contributed by atoms with Crippen molar-refractivity contribution in [2.45, 2.75) is 12.6 Å². The zero-order valence-corrected chi connectivity index (χ0v) is 11.2. The Hall–Kier alpha value is -2.15. The van der Waals surface area contributed by atoms with E-state index in [-0.39, 0.29) is 0 Å². The lowest BCUT2D eigenvalue weighted by Crippen LogP contribution is -2.08. The summed E-state index contributed by atoms with van der Waals surface area (Å²) in [6.07, 6.45) is -0.316. The van der Waals surface area contributed by atoms with Crippen LogP contribution in [0.2, 0.25) is 0 Å². The Morgan fingerprint density at radius 3 is 2.19 bits per heavy atom. The van der Waals surface area contributed by atoms with Gasteiger partial charge in [-0.2, -0.15) is 13.2 Å². The Balaban J connectivity index is 2.08. The number of nitrogens with one attached hydrogen (secondary N) is 1. The lowest BCUT2D eigenvalue weighted by atomic mass is 10.1.